The van der Waals surface area contributed by atoms with Gasteiger partial charge in [0.15, 0.2) is 0 Å². The first-order valence-corrected chi connectivity index (χ1v) is 12.8. The van der Waals surface area contributed by atoms with Gasteiger partial charge in [-0.25, -0.2) is 4.79 Å². The van der Waals surface area contributed by atoms with E-state index in [1.807, 2.05) is 49.4 Å². The maximum absolute atomic E-state index is 13.8. The van der Waals surface area contributed by atoms with Crippen molar-refractivity contribution in [3.05, 3.63) is 59.2 Å². The maximum atomic E-state index is 13.8. The summed E-state index contributed by atoms with van der Waals surface area (Å²) < 4.78 is 0. The molecule has 0 unspecified atom stereocenters. The third-order valence-electron chi connectivity index (χ3n) is 7.41. The molecule has 1 saturated carbocycles. The number of aryl methyl sites for hydroxylation is 1. The van der Waals surface area contributed by atoms with Crippen LogP contribution in [-0.4, -0.2) is 34.8 Å². The van der Waals surface area contributed by atoms with Crippen LogP contribution in [0, 0.1) is 6.92 Å². The van der Waals surface area contributed by atoms with Crippen LogP contribution in [0.15, 0.2) is 42.5 Å². The normalized spacial score (nSPS) is 17.7. The molecule has 0 bridgehead atoms. The van der Waals surface area contributed by atoms with Crippen LogP contribution in [0.25, 0.3) is 0 Å². The zero-order valence-corrected chi connectivity index (χ0v) is 21.6. The number of nitrogens with one attached hydrogen (secondary N) is 1. The molecule has 1 saturated heterocycles. The van der Waals surface area contributed by atoms with Crippen LogP contribution < -0.4 is 10.2 Å². The Morgan fingerprint density at radius 3 is 2.03 bits per heavy atom. The highest BCUT2D eigenvalue weighted by Crippen LogP contribution is 2.43. The van der Waals surface area contributed by atoms with Gasteiger partial charge in [0.2, 0.25) is 5.91 Å². The average molecular weight is 476 g/mol. The highest BCUT2D eigenvalue weighted by molar-refractivity contribution is 6.18. The van der Waals surface area contributed by atoms with Crippen molar-refractivity contribution in [1.82, 2.24) is 4.90 Å². The van der Waals surface area contributed by atoms with Gasteiger partial charge in [-0.05, 0) is 54.9 Å². The molecule has 186 valence electrons. The number of carbonyl (C=O) groups is 3. The lowest BCUT2D eigenvalue weighted by molar-refractivity contribution is -0.134. The van der Waals surface area contributed by atoms with Crippen molar-refractivity contribution in [2.24, 2.45) is 0 Å². The molecule has 6 heteroatoms. The lowest BCUT2D eigenvalue weighted by Crippen LogP contribution is -2.51. The summed E-state index contributed by atoms with van der Waals surface area (Å²) in [6.07, 6.45) is 4.08. The molecule has 0 atom stereocenters. The fourth-order valence-electron chi connectivity index (χ4n) is 5.52. The Bertz CT molecular complexity index is 1090. The summed E-state index contributed by atoms with van der Waals surface area (Å²) in [6.45, 7) is 10.1. The highest BCUT2D eigenvalue weighted by Gasteiger charge is 2.58. The Morgan fingerprint density at radius 2 is 1.49 bits per heavy atom. The molecule has 4 amide bonds. The third kappa shape index (κ3) is 4.58. The van der Waals surface area contributed by atoms with Gasteiger partial charge in [0, 0.05) is 11.4 Å². The molecule has 2 aromatic rings. The number of nitrogens with zero attached hydrogens (tertiary/aromatic N) is 2. The van der Waals surface area contributed by atoms with E-state index >= 15 is 0 Å². The monoisotopic (exact) mass is 475 g/mol. The standard InChI is InChI=1S/C29H37N3O3/c1-19(2)23-10-9-11-24(20(3)4)26(23)30-25(33)18-31-27(34)29(16-7-6-8-17-29)32(28(31)35)22-14-12-21(5)13-15-22/h9-15,19-20H,6-8,16-18H2,1-5H3,(H,30,33). The Hall–Kier alpha value is -3.15. The van der Waals surface area contributed by atoms with E-state index in [2.05, 4.69) is 33.0 Å². The van der Waals surface area contributed by atoms with Crippen LogP contribution in [-0.2, 0) is 9.59 Å². The summed E-state index contributed by atoms with van der Waals surface area (Å²) in [5, 5.41) is 3.06. The van der Waals surface area contributed by atoms with Crippen molar-refractivity contribution in [1.29, 1.82) is 0 Å². The van der Waals surface area contributed by atoms with Crippen LogP contribution in [0.5, 0.6) is 0 Å². The fraction of sp³-hybridized carbons (Fsp3) is 0.483. The minimum Gasteiger partial charge on any atom is -0.324 e. The zero-order valence-electron chi connectivity index (χ0n) is 21.6. The number of carbonyl (C=O) groups excluding carboxylic acids is 3. The number of para-hydroxylation sites is 1. The molecule has 1 aliphatic carbocycles. The predicted octanol–water partition coefficient (Wildman–Crippen LogP) is 6.35. The van der Waals surface area contributed by atoms with E-state index in [-0.39, 0.29) is 30.2 Å². The topological polar surface area (TPSA) is 69.7 Å². The van der Waals surface area contributed by atoms with Crippen molar-refractivity contribution < 1.29 is 14.4 Å². The number of hydrogen-bond acceptors (Lipinski definition) is 3. The fourth-order valence-corrected chi connectivity index (χ4v) is 5.52. The van der Waals surface area contributed by atoms with Gasteiger partial charge < -0.3 is 5.32 Å². The van der Waals surface area contributed by atoms with Crippen LogP contribution >= 0.6 is 0 Å². The molecule has 2 aliphatic rings. The van der Waals surface area contributed by atoms with Crippen LogP contribution in [0.2, 0.25) is 0 Å². The van der Waals surface area contributed by atoms with Gasteiger partial charge >= 0.3 is 6.03 Å². The minimum absolute atomic E-state index is 0.224. The van der Waals surface area contributed by atoms with E-state index in [9.17, 15) is 14.4 Å². The summed E-state index contributed by atoms with van der Waals surface area (Å²) in [5.41, 5.74) is 3.80. The summed E-state index contributed by atoms with van der Waals surface area (Å²) >= 11 is 0. The molecule has 1 heterocycles. The second kappa shape index (κ2) is 9.84. The van der Waals surface area contributed by atoms with Crippen molar-refractivity contribution >= 4 is 29.2 Å². The van der Waals surface area contributed by atoms with E-state index in [4.69, 9.17) is 0 Å². The Morgan fingerprint density at radius 1 is 0.914 bits per heavy atom. The zero-order chi connectivity index (χ0) is 25.3. The first kappa shape index (κ1) is 25.0. The van der Waals surface area contributed by atoms with E-state index in [0.29, 0.717) is 18.5 Å². The Kier molecular flexibility index (Phi) is 7.02. The second-order valence-electron chi connectivity index (χ2n) is 10.6. The van der Waals surface area contributed by atoms with Crippen molar-refractivity contribution in [2.45, 2.75) is 84.1 Å². The molecule has 2 aromatic carbocycles. The number of anilines is 2. The van der Waals surface area contributed by atoms with Gasteiger partial charge in [-0.3, -0.25) is 19.4 Å². The third-order valence-corrected chi connectivity index (χ3v) is 7.41. The maximum Gasteiger partial charge on any atom is 0.332 e. The van der Waals surface area contributed by atoms with Crippen molar-refractivity contribution in [3.8, 4) is 0 Å². The highest BCUT2D eigenvalue weighted by atomic mass is 16.2. The smallest absolute Gasteiger partial charge is 0.324 e. The molecule has 4 rings (SSSR count). The molecule has 1 spiro atoms. The Labute approximate surface area is 208 Å². The van der Waals surface area contributed by atoms with Gasteiger partial charge in [-0.1, -0.05) is 82.9 Å². The van der Waals surface area contributed by atoms with E-state index in [0.717, 1.165) is 46.5 Å². The molecule has 35 heavy (non-hydrogen) atoms. The minimum atomic E-state index is -0.899. The van der Waals surface area contributed by atoms with E-state index < -0.39 is 11.6 Å². The molecule has 6 nitrogen and oxygen atoms in total. The molecule has 0 aromatic heterocycles. The summed E-state index contributed by atoms with van der Waals surface area (Å²) in [7, 11) is 0. The number of urea groups is 1. The number of benzene rings is 2. The number of hydrogen-bond donors (Lipinski definition) is 1. The first-order chi connectivity index (χ1) is 16.7. The second-order valence-corrected chi connectivity index (χ2v) is 10.6. The van der Waals surface area contributed by atoms with Crippen LogP contribution in [0.1, 0.15) is 88.3 Å². The number of imide groups is 1. The molecule has 1 aliphatic heterocycles. The van der Waals surface area contributed by atoms with E-state index in [1.54, 1.807) is 4.90 Å². The first-order valence-electron chi connectivity index (χ1n) is 12.8. The largest absolute Gasteiger partial charge is 0.332 e. The van der Waals surface area contributed by atoms with Gasteiger partial charge in [-0.15, -0.1) is 0 Å². The van der Waals surface area contributed by atoms with Gasteiger partial charge in [-0.2, -0.15) is 0 Å². The number of rotatable bonds is 6. The molecular formula is C29H37N3O3. The Balaban J connectivity index is 1.64. The van der Waals surface area contributed by atoms with Crippen LogP contribution in [0.4, 0.5) is 16.2 Å². The lowest BCUT2D eigenvalue weighted by atomic mass is 9.80. The summed E-state index contributed by atoms with van der Waals surface area (Å²) in [4.78, 5) is 43.5. The van der Waals surface area contributed by atoms with Gasteiger partial charge in [0.25, 0.3) is 5.91 Å². The van der Waals surface area contributed by atoms with Crippen molar-refractivity contribution in [2.75, 3.05) is 16.8 Å². The summed E-state index contributed by atoms with van der Waals surface area (Å²) in [5.74, 6) is -0.152. The number of amides is 4. The molecular weight excluding hydrogens is 438 g/mol. The van der Waals surface area contributed by atoms with Crippen LogP contribution in [0.3, 0.4) is 0 Å². The lowest BCUT2D eigenvalue weighted by Gasteiger charge is -2.38. The predicted molar refractivity (Wildman–Crippen MR) is 140 cm³/mol. The SMILES string of the molecule is Cc1ccc(N2C(=O)N(CC(=O)Nc3c(C(C)C)cccc3C(C)C)C(=O)C23CCCCC3)cc1. The van der Waals surface area contributed by atoms with Gasteiger partial charge in [0.05, 0.1) is 0 Å². The van der Waals surface area contributed by atoms with E-state index in [1.165, 1.54) is 0 Å². The quantitative estimate of drug-likeness (QED) is 0.495. The average Bonchev–Trinajstić information content (AvgIpc) is 3.01. The van der Waals surface area contributed by atoms with Gasteiger partial charge in [0.1, 0.15) is 12.1 Å². The molecule has 1 N–H and O–H groups in total. The molecule has 2 fully saturated rings. The van der Waals surface area contributed by atoms with Crippen molar-refractivity contribution in [3.63, 3.8) is 0 Å². The molecule has 0 radical (unpaired) electrons. The summed E-state index contributed by atoms with van der Waals surface area (Å²) in [6, 6.07) is 13.4.